The lowest BCUT2D eigenvalue weighted by molar-refractivity contribution is -0.123. The number of carbonyl (C=O) groups is 1. The van der Waals surface area contributed by atoms with Gasteiger partial charge in [-0.2, -0.15) is 0 Å². The van der Waals surface area contributed by atoms with Crippen LogP contribution in [0.2, 0.25) is 0 Å². The summed E-state index contributed by atoms with van der Waals surface area (Å²) in [6.45, 7) is 4.88. The lowest BCUT2D eigenvalue weighted by Gasteiger charge is -2.08. The normalized spacial score (nSPS) is 10.1. The first-order chi connectivity index (χ1) is 7.18. The molecule has 0 bridgehead atoms. The summed E-state index contributed by atoms with van der Waals surface area (Å²) in [5.74, 6) is 1.11. The van der Waals surface area contributed by atoms with E-state index in [4.69, 9.17) is 4.74 Å². The summed E-state index contributed by atoms with van der Waals surface area (Å²) >= 11 is 0. The van der Waals surface area contributed by atoms with Crippen LogP contribution in [0.25, 0.3) is 0 Å². The molecule has 1 amide bonds. The van der Waals surface area contributed by atoms with E-state index in [1.807, 2.05) is 30.3 Å². The van der Waals surface area contributed by atoms with Crippen LogP contribution in [-0.2, 0) is 4.79 Å². The molecule has 1 aromatic rings. The molecule has 0 radical (unpaired) electrons. The number of hydrogen-bond acceptors (Lipinski definition) is 2. The van der Waals surface area contributed by atoms with Crippen LogP contribution in [0.15, 0.2) is 30.3 Å². The molecule has 0 aliphatic carbocycles. The van der Waals surface area contributed by atoms with Gasteiger partial charge in [-0.25, -0.2) is 0 Å². The van der Waals surface area contributed by atoms with Gasteiger partial charge in [-0.05, 0) is 18.1 Å². The Morgan fingerprint density at radius 2 is 2.00 bits per heavy atom. The second-order valence-corrected chi connectivity index (χ2v) is 3.80. The van der Waals surface area contributed by atoms with Gasteiger partial charge in [0.05, 0.1) is 0 Å². The zero-order valence-corrected chi connectivity index (χ0v) is 9.19. The van der Waals surface area contributed by atoms with E-state index in [9.17, 15) is 4.79 Å². The van der Waals surface area contributed by atoms with Crippen molar-refractivity contribution in [3.05, 3.63) is 30.3 Å². The molecule has 0 fully saturated rings. The van der Waals surface area contributed by atoms with Gasteiger partial charge in [0.1, 0.15) is 5.75 Å². The molecule has 0 saturated heterocycles. The Hall–Kier alpha value is -1.51. The van der Waals surface area contributed by atoms with Gasteiger partial charge in [0.25, 0.3) is 5.91 Å². The monoisotopic (exact) mass is 207 g/mol. The minimum Gasteiger partial charge on any atom is -0.484 e. The Kier molecular flexibility index (Phi) is 4.68. The highest BCUT2D eigenvalue weighted by atomic mass is 16.5. The Balaban J connectivity index is 2.23. The fourth-order valence-corrected chi connectivity index (χ4v) is 1.03. The van der Waals surface area contributed by atoms with Crippen molar-refractivity contribution >= 4 is 5.91 Å². The quantitative estimate of drug-likeness (QED) is 0.800. The third-order valence-electron chi connectivity index (χ3n) is 1.82. The highest BCUT2D eigenvalue weighted by Gasteiger charge is 2.02. The van der Waals surface area contributed by atoms with E-state index in [0.717, 1.165) is 5.75 Å². The molecule has 0 atom stereocenters. The van der Waals surface area contributed by atoms with Gasteiger partial charge in [-0.1, -0.05) is 32.0 Å². The third kappa shape index (κ3) is 5.05. The van der Waals surface area contributed by atoms with Crippen molar-refractivity contribution < 1.29 is 9.53 Å². The molecule has 0 aliphatic rings. The van der Waals surface area contributed by atoms with E-state index >= 15 is 0 Å². The predicted molar refractivity (Wildman–Crippen MR) is 59.8 cm³/mol. The van der Waals surface area contributed by atoms with Gasteiger partial charge in [0.15, 0.2) is 6.61 Å². The van der Waals surface area contributed by atoms with Gasteiger partial charge >= 0.3 is 0 Å². The van der Waals surface area contributed by atoms with E-state index in [0.29, 0.717) is 12.5 Å². The van der Waals surface area contributed by atoms with Crippen LogP contribution < -0.4 is 10.1 Å². The second kappa shape index (κ2) is 6.06. The average molecular weight is 207 g/mol. The van der Waals surface area contributed by atoms with Gasteiger partial charge in [0.2, 0.25) is 0 Å². The molecule has 0 unspecified atom stereocenters. The maximum Gasteiger partial charge on any atom is 0.257 e. The Morgan fingerprint density at radius 1 is 1.33 bits per heavy atom. The van der Waals surface area contributed by atoms with E-state index < -0.39 is 0 Å². The Bertz CT molecular complexity index is 296. The molecule has 82 valence electrons. The predicted octanol–water partition coefficient (Wildman–Crippen LogP) is 1.84. The SMILES string of the molecule is CC(C)CNC(=O)COc1ccccc1. The second-order valence-electron chi connectivity index (χ2n) is 3.80. The molecule has 0 heterocycles. The van der Waals surface area contributed by atoms with Crippen LogP contribution in [0.4, 0.5) is 0 Å². The average Bonchev–Trinajstić information content (AvgIpc) is 2.25. The molecule has 3 nitrogen and oxygen atoms in total. The minimum absolute atomic E-state index is 0.0763. The van der Waals surface area contributed by atoms with E-state index in [1.54, 1.807) is 0 Å². The summed E-state index contributed by atoms with van der Waals surface area (Å²) in [4.78, 5) is 11.3. The Labute approximate surface area is 90.4 Å². The number of hydrogen-bond donors (Lipinski definition) is 1. The zero-order valence-electron chi connectivity index (χ0n) is 9.19. The molecule has 15 heavy (non-hydrogen) atoms. The largest absolute Gasteiger partial charge is 0.484 e. The lowest BCUT2D eigenvalue weighted by Crippen LogP contribution is -2.31. The number of ether oxygens (including phenoxy) is 1. The van der Waals surface area contributed by atoms with Crippen LogP contribution in [0.3, 0.4) is 0 Å². The molecular formula is C12H17NO2. The topological polar surface area (TPSA) is 38.3 Å². The number of benzene rings is 1. The Morgan fingerprint density at radius 3 is 2.60 bits per heavy atom. The maximum absolute atomic E-state index is 11.3. The maximum atomic E-state index is 11.3. The molecule has 1 N–H and O–H groups in total. The number of amides is 1. The van der Waals surface area contributed by atoms with Crippen molar-refractivity contribution in [2.24, 2.45) is 5.92 Å². The fraction of sp³-hybridized carbons (Fsp3) is 0.417. The van der Waals surface area contributed by atoms with Gasteiger partial charge in [-0.3, -0.25) is 4.79 Å². The van der Waals surface area contributed by atoms with Crippen LogP contribution in [0, 0.1) is 5.92 Å². The third-order valence-corrected chi connectivity index (χ3v) is 1.82. The number of para-hydroxylation sites is 1. The molecule has 0 spiro atoms. The standard InChI is InChI=1S/C12H17NO2/c1-10(2)8-13-12(14)9-15-11-6-4-3-5-7-11/h3-7,10H,8-9H2,1-2H3,(H,13,14). The summed E-state index contributed by atoms with van der Waals surface area (Å²) in [7, 11) is 0. The first kappa shape index (κ1) is 11.6. The molecule has 0 aliphatic heterocycles. The highest BCUT2D eigenvalue weighted by molar-refractivity contribution is 5.77. The van der Waals surface area contributed by atoms with Crippen LogP contribution in [0.1, 0.15) is 13.8 Å². The molecule has 3 heteroatoms. The summed E-state index contributed by atoms with van der Waals surface area (Å²) in [6.07, 6.45) is 0. The summed E-state index contributed by atoms with van der Waals surface area (Å²) < 4.78 is 5.29. The van der Waals surface area contributed by atoms with Gasteiger partial charge in [-0.15, -0.1) is 0 Å². The zero-order chi connectivity index (χ0) is 11.1. The smallest absolute Gasteiger partial charge is 0.257 e. The van der Waals surface area contributed by atoms with E-state index in [-0.39, 0.29) is 12.5 Å². The van der Waals surface area contributed by atoms with E-state index in [1.165, 1.54) is 0 Å². The molecule has 1 aromatic carbocycles. The summed E-state index contributed by atoms with van der Waals surface area (Å²) in [6, 6.07) is 9.32. The number of nitrogens with one attached hydrogen (secondary N) is 1. The van der Waals surface area contributed by atoms with Crippen molar-refractivity contribution in [1.82, 2.24) is 5.32 Å². The van der Waals surface area contributed by atoms with Crippen LogP contribution in [-0.4, -0.2) is 19.1 Å². The summed E-state index contributed by atoms with van der Waals surface area (Å²) in [5, 5.41) is 2.79. The van der Waals surface area contributed by atoms with Crippen molar-refractivity contribution in [2.75, 3.05) is 13.2 Å². The van der Waals surface area contributed by atoms with Crippen molar-refractivity contribution in [3.63, 3.8) is 0 Å². The minimum atomic E-state index is -0.0763. The lowest BCUT2D eigenvalue weighted by atomic mass is 10.2. The molecular weight excluding hydrogens is 190 g/mol. The van der Waals surface area contributed by atoms with Crippen molar-refractivity contribution in [1.29, 1.82) is 0 Å². The van der Waals surface area contributed by atoms with Crippen LogP contribution >= 0.6 is 0 Å². The number of rotatable bonds is 5. The van der Waals surface area contributed by atoms with Crippen molar-refractivity contribution in [3.8, 4) is 5.75 Å². The van der Waals surface area contributed by atoms with Gasteiger partial charge in [0, 0.05) is 6.54 Å². The molecule has 1 rings (SSSR count). The first-order valence-electron chi connectivity index (χ1n) is 5.13. The fourth-order valence-electron chi connectivity index (χ4n) is 1.03. The van der Waals surface area contributed by atoms with Crippen molar-refractivity contribution in [2.45, 2.75) is 13.8 Å². The highest BCUT2D eigenvalue weighted by Crippen LogP contribution is 2.07. The van der Waals surface area contributed by atoms with Crippen LogP contribution in [0.5, 0.6) is 5.75 Å². The van der Waals surface area contributed by atoms with Gasteiger partial charge < -0.3 is 10.1 Å². The summed E-state index contributed by atoms with van der Waals surface area (Å²) in [5.41, 5.74) is 0. The molecule has 0 saturated carbocycles. The van der Waals surface area contributed by atoms with E-state index in [2.05, 4.69) is 19.2 Å². The first-order valence-corrected chi connectivity index (χ1v) is 5.13. The number of carbonyl (C=O) groups excluding carboxylic acids is 1. The molecule has 0 aromatic heterocycles.